The Labute approximate surface area is 749 Å². The number of rotatable bonds is 59. The Morgan fingerprint density at radius 2 is 0.868 bits per heavy atom. The molecule has 13 atom stereocenters. The first-order valence-corrected chi connectivity index (χ1v) is 42.1. The third-order valence-corrected chi connectivity index (χ3v) is 20.4. The normalized spacial score (nSPS) is 14.1. The molecular formula is C80H114N24O23S2. The number of benzene rings is 3. The summed E-state index contributed by atoms with van der Waals surface area (Å²) in [6.45, 7) is 0.722. The summed E-state index contributed by atoms with van der Waals surface area (Å²) in [5, 5.41) is 76.6. The summed E-state index contributed by atoms with van der Waals surface area (Å²) < 4.78 is 5.26. The maximum absolute atomic E-state index is 15.3. The van der Waals surface area contributed by atoms with Crippen LogP contribution in [-0.2, 0) is 115 Å². The molecule has 0 aliphatic heterocycles. The van der Waals surface area contributed by atoms with E-state index in [0.717, 1.165) is 13.8 Å². The maximum atomic E-state index is 15.3. The van der Waals surface area contributed by atoms with Crippen LogP contribution in [0.15, 0.2) is 85.2 Å². The number of amides is 18. The average molecular weight is 1840 g/mol. The number of phenols is 1. The van der Waals surface area contributed by atoms with E-state index in [2.05, 4.69) is 115 Å². The molecule has 0 aliphatic rings. The minimum atomic E-state index is -1.94. The molecule has 47 nitrogen and oxygen atoms in total. The molecule has 0 saturated heterocycles. The molecule has 0 spiro atoms. The van der Waals surface area contributed by atoms with Crippen molar-refractivity contribution in [2.75, 3.05) is 50.9 Å². The first-order valence-electron chi connectivity index (χ1n) is 40.8. The fraction of sp³-hybridized carbons (Fsp3) is 0.475. The quantitative estimate of drug-likeness (QED) is 0.00744. The summed E-state index contributed by atoms with van der Waals surface area (Å²) in [4.78, 5) is 264. The number of aliphatic hydroxyl groups is 1. The number of hydrogen-bond acceptors (Lipinski definition) is 26. The van der Waals surface area contributed by atoms with Gasteiger partial charge in [0.2, 0.25) is 106 Å². The number of para-hydroxylation sites is 2. The van der Waals surface area contributed by atoms with Crippen LogP contribution < -0.4 is 114 Å². The van der Waals surface area contributed by atoms with E-state index in [9.17, 15) is 96.8 Å². The molecule has 49 heteroatoms. The SMILES string of the molecule is CC(=O)N[C@@H](CS)C(=O)N[C@@H](CCC(N)=O)C(=O)N[C@H](C(=O)N[C@@H](Cc1c[nH]c2ccccc12)C(=O)N[C@@H](CCC(N)=O)C(=O)N[C@@H](CS)C(=O)N[C@@H](Cc1ccc(O)cc1)C(=O)N[C@@H](Cc1c[nH]c2ccccc12)C(=O)N[C@H](CCCNC(=N)N)C(=O)N[C@@H](CCC(=O)O)C(=O)N[C@@H](CC(N)=O)C(=O)NCC(=O)NCCOCC(=O)N[C@H](CCCCN)C(N)=O)[C@@H](C)O. The highest BCUT2D eigenvalue weighted by Crippen LogP contribution is 2.23. The van der Waals surface area contributed by atoms with Gasteiger partial charge in [-0.25, -0.2) is 0 Å². The lowest BCUT2D eigenvalue weighted by Gasteiger charge is -2.29. The van der Waals surface area contributed by atoms with Gasteiger partial charge >= 0.3 is 5.97 Å². The standard InChI is InChI=1S/C80H114N24O23S2/c1-40(105)67(104-73(120)53(21-24-62(83)109)98-77(124)59(38-128)93-41(2)106)79(126)102-57(32-44-35-91-49-13-6-4-11-47(44)49)76(123)97-52(20-23-61(82)108)72(119)103-60(39-129)78(125)99-55(30-42-16-18-45(107)19-17-42)74(121)100-56(31-43-34-90-48-12-5-3-10-46(43)48)75(122)95-51(15-9-27-89-80(86)87)70(117)96-54(22-25-66(113)114)71(118)101-58(33-63(84)110)69(116)92-36-64(111)88-28-29-127-37-65(112)94-50(68(85)115)14-7-8-26-81/h3-6,10-13,16-19,34-35,40,50-60,67,90-91,105,107,128-129H,7-9,14-15,20-33,36-39,81H2,1-2H3,(H2,82,108)(H2,83,109)(H2,84,110)(H2,85,115)(H,88,111)(H,92,116)(H,93,106)(H,94,112)(H,95,122)(H,96,117)(H,97,123)(H,98,124)(H,99,125)(H,100,121)(H,101,118)(H,102,126)(H,103,119)(H,104,120)(H,113,114)(H4,86,87,89)/t40-,50-,51-,52+,53+,54+,55+,56+,57+,58+,59+,60+,67+/m1/s1. The number of nitrogens with two attached hydrogens (primary N) is 6. The second-order valence-corrected chi connectivity index (χ2v) is 30.6. The first kappa shape index (κ1) is 106. The predicted octanol–water partition coefficient (Wildman–Crippen LogP) is -8.14. The van der Waals surface area contributed by atoms with E-state index < -0.39 is 280 Å². The summed E-state index contributed by atoms with van der Waals surface area (Å²) in [6.07, 6.45) is -3.65. The van der Waals surface area contributed by atoms with Gasteiger partial charge in [-0.1, -0.05) is 48.5 Å². The number of carboxylic acid groups (broad SMARTS) is 1. The number of carbonyl (C=O) groups is 19. The summed E-state index contributed by atoms with van der Waals surface area (Å²) in [5.41, 5.74) is 35.0. The van der Waals surface area contributed by atoms with Gasteiger partial charge in [0.15, 0.2) is 5.96 Å². The Morgan fingerprint density at radius 1 is 0.442 bits per heavy atom. The number of aromatic nitrogens is 2. The predicted molar refractivity (Wildman–Crippen MR) is 470 cm³/mol. The van der Waals surface area contributed by atoms with Crippen LogP contribution >= 0.6 is 25.3 Å². The number of carbonyl (C=O) groups excluding carboxylic acids is 18. The van der Waals surface area contributed by atoms with Crippen molar-refractivity contribution in [2.45, 2.75) is 189 Å². The number of aliphatic hydroxyl groups excluding tert-OH is 1. The van der Waals surface area contributed by atoms with Crippen molar-refractivity contribution < 1.29 is 111 Å². The van der Waals surface area contributed by atoms with Crippen molar-refractivity contribution in [1.82, 2.24) is 89.7 Å². The van der Waals surface area contributed by atoms with Gasteiger partial charge in [0.25, 0.3) is 0 Å². The van der Waals surface area contributed by atoms with Crippen molar-refractivity contribution in [3.05, 3.63) is 102 Å². The topological polar surface area (TPSA) is 786 Å². The number of nitrogens with one attached hydrogen (secondary N) is 18. The van der Waals surface area contributed by atoms with Gasteiger partial charge in [-0.15, -0.1) is 0 Å². The van der Waals surface area contributed by atoms with Crippen LogP contribution in [0.3, 0.4) is 0 Å². The van der Waals surface area contributed by atoms with E-state index in [0.29, 0.717) is 52.3 Å². The monoisotopic (exact) mass is 1840 g/mol. The Bertz CT molecular complexity index is 4780. The van der Waals surface area contributed by atoms with Crippen LogP contribution in [-0.4, -0.2) is 273 Å². The Morgan fingerprint density at radius 3 is 1.33 bits per heavy atom. The highest BCUT2D eigenvalue weighted by atomic mass is 32.1. The smallest absolute Gasteiger partial charge is 0.303 e. The molecule has 129 heavy (non-hydrogen) atoms. The number of fused-ring (bicyclic) bond motifs is 2. The summed E-state index contributed by atoms with van der Waals surface area (Å²) in [6, 6.07) is -1.43. The van der Waals surface area contributed by atoms with Gasteiger partial charge in [0.1, 0.15) is 84.9 Å². The van der Waals surface area contributed by atoms with Crippen molar-refractivity contribution in [3.8, 4) is 5.75 Å². The van der Waals surface area contributed by atoms with Crippen LogP contribution in [0.4, 0.5) is 0 Å². The molecule has 2 heterocycles. The molecule has 2 aromatic heterocycles. The van der Waals surface area contributed by atoms with Crippen molar-refractivity contribution in [1.29, 1.82) is 5.41 Å². The molecule has 0 saturated carbocycles. The van der Waals surface area contributed by atoms with Gasteiger partial charge in [-0.05, 0) is 106 Å². The molecule has 33 N–H and O–H groups in total. The summed E-state index contributed by atoms with van der Waals surface area (Å²) >= 11 is 8.44. The van der Waals surface area contributed by atoms with Crippen LogP contribution in [0.5, 0.6) is 5.75 Å². The minimum absolute atomic E-state index is 0.0884. The van der Waals surface area contributed by atoms with Crippen molar-refractivity contribution >= 4 is 165 Å². The zero-order chi connectivity index (χ0) is 95.6. The molecule has 0 bridgehead atoms. The molecule has 0 fully saturated rings. The fourth-order valence-corrected chi connectivity index (χ4v) is 13.4. The van der Waals surface area contributed by atoms with Crippen LogP contribution in [0.2, 0.25) is 0 Å². The Balaban J connectivity index is 1.44. The zero-order valence-electron chi connectivity index (χ0n) is 70.7. The van der Waals surface area contributed by atoms with E-state index in [1.54, 1.807) is 48.5 Å². The van der Waals surface area contributed by atoms with Gasteiger partial charge < -0.3 is 144 Å². The number of aromatic hydroxyl groups is 1. The molecular weight excluding hydrogens is 1730 g/mol. The number of ether oxygens (including phenoxy) is 1. The highest BCUT2D eigenvalue weighted by Gasteiger charge is 2.39. The molecule has 18 amide bonds. The number of aliphatic carboxylic acids is 1. The third-order valence-electron chi connectivity index (χ3n) is 19.6. The number of aromatic amines is 2. The average Bonchev–Trinajstić information content (AvgIpc) is 1.70. The van der Waals surface area contributed by atoms with E-state index in [1.165, 1.54) is 36.7 Å². The zero-order valence-corrected chi connectivity index (χ0v) is 72.5. The van der Waals surface area contributed by atoms with Gasteiger partial charge in [-0.2, -0.15) is 25.3 Å². The Hall–Kier alpha value is -13.7. The molecule has 0 unspecified atom stereocenters. The van der Waals surface area contributed by atoms with E-state index >= 15 is 9.59 Å². The van der Waals surface area contributed by atoms with E-state index in [-0.39, 0.29) is 56.0 Å². The van der Waals surface area contributed by atoms with E-state index in [4.69, 9.17) is 44.5 Å². The van der Waals surface area contributed by atoms with Crippen LogP contribution in [0, 0.1) is 5.41 Å². The molecule has 3 aromatic carbocycles. The largest absolute Gasteiger partial charge is 0.508 e. The lowest BCUT2D eigenvalue weighted by atomic mass is 10.0. The fourth-order valence-electron chi connectivity index (χ4n) is 12.9. The molecule has 0 aliphatic carbocycles. The second-order valence-electron chi connectivity index (χ2n) is 29.9. The molecule has 0 radical (unpaired) electrons. The number of unbranched alkanes of at least 4 members (excludes halogenated alkanes) is 1. The number of H-pyrrole nitrogens is 2. The van der Waals surface area contributed by atoms with Gasteiger partial charge in [-0.3, -0.25) is 96.5 Å². The number of carboxylic acids is 1. The van der Waals surface area contributed by atoms with Crippen molar-refractivity contribution in [2.24, 2.45) is 34.4 Å². The van der Waals surface area contributed by atoms with Gasteiger partial charge in [0.05, 0.1) is 25.7 Å². The number of primary amides is 4. The van der Waals surface area contributed by atoms with Gasteiger partial charge in [0, 0.05) is 104 Å². The second kappa shape index (κ2) is 54.4. The minimum Gasteiger partial charge on any atom is -0.508 e. The molecule has 704 valence electrons. The maximum Gasteiger partial charge on any atom is 0.303 e. The number of phenolic OH excluding ortho intramolecular Hbond substituents is 1. The number of guanidine groups is 1. The lowest BCUT2D eigenvalue weighted by Crippen LogP contribution is -2.62. The van der Waals surface area contributed by atoms with E-state index in [1.807, 2.05) is 0 Å². The number of thiol groups is 2. The Kier molecular flexibility index (Phi) is 44.6. The third kappa shape index (κ3) is 37.4. The highest BCUT2D eigenvalue weighted by molar-refractivity contribution is 7.80. The summed E-state index contributed by atoms with van der Waals surface area (Å²) in [7, 11) is 0. The molecule has 5 rings (SSSR count). The molecule has 5 aromatic rings. The van der Waals surface area contributed by atoms with Crippen LogP contribution in [0.1, 0.15) is 108 Å². The van der Waals surface area contributed by atoms with Crippen molar-refractivity contribution in [3.63, 3.8) is 0 Å². The van der Waals surface area contributed by atoms with Crippen LogP contribution in [0.25, 0.3) is 21.8 Å². The number of hydrogen-bond donors (Lipinski definition) is 29. The lowest BCUT2D eigenvalue weighted by molar-refractivity contribution is -0.139. The summed E-state index contributed by atoms with van der Waals surface area (Å²) in [5.74, 6) is -21.6. The first-order chi connectivity index (χ1) is 61.2.